The zero-order valence-corrected chi connectivity index (χ0v) is 8.84. The number of alkyl halides is 1. The lowest BCUT2D eigenvalue weighted by Crippen LogP contribution is -2.05. The predicted molar refractivity (Wildman–Crippen MR) is 54.3 cm³/mol. The van der Waals surface area contributed by atoms with Gasteiger partial charge in [-0.1, -0.05) is 6.58 Å². The fourth-order valence-electron chi connectivity index (χ4n) is 1.07. The van der Waals surface area contributed by atoms with Gasteiger partial charge in [0.1, 0.15) is 0 Å². The molecular weight excluding hydrogens is 204 g/mol. The Morgan fingerprint density at radius 1 is 1.79 bits per heavy atom. The molecule has 0 aliphatic heterocycles. The van der Waals surface area contributed by atoms with Crippen LogP contribution in [0.25, 0.3) is 5.57 Å². The van der Waals surface area contributed by atoms with Crippen molar-refractivity contribution in [2.45, 2.75) is 0 Å². The molecule has 0 saturated heterocycles. The molecule has 0 fully saturated rings. The second kappa shape index (κ2) is 4.28. The number of esters is 1. The Morgan fingerprint density at radius 3 is 2.93 bits per heavy atom. The number of aryl methyl sites for hydroxylation is 1. The summed E-state index contributed by atoms with van der Waals surface area (Å²) in [6, 6.07) is 0. The van der Waals surface area contributed by atoms with E-state index in [-0.39, 0.29) is 11.6 Å². The summed E-state index contributed by atoms with van der Waals surface area (Å²) in [5.41, 5.74) is 1.54. The summed E-state index contributed by atoms with van der Waals surface area (Å²) in [7, 11) is 3.03. The van der Waals surface area contributed by atoms with E-state index in [1.165, 1.54) is 11.8 Å². The highest BCUT2D eigenvalue weighted by atomic mass is 35.5. The van der Waals surface area contributed by atoms with Crippen LogP contribution in [-0.4, -0.2) is 28.7 Å². The molecule has 76 valence electrons. The van der Waals surface area contributed by atoms with E-state index in [4.69, 9.17) is 11.6 Å². The Hall–Kier alpha value is -1.29. The molecule has 1 heterocycles. The standard InChI is InChI=1S/C9H11ClN2O2/c1-6(4-10)7-5-12(2)11-8(7)9(13)14-3/h5H,1,4H2,2-3H3. The largest absolute Gasteiger partial charge is 0.464 e. The van der Waals surface area contributed by atoms with Gasteiger partial charge in [-0.2, -0.15) is 5.10 Å². The zero-order valence-electron chi connectivity index (χ0n) is 8.08. The third-order valence-electron chi connectivity index (χ3n) is 1.75. The van der Waals surface area contributed by atoms with Crippen molar-refractivity contribution >= 4 is 23.1 Å². The average Bonchev–Trinajstić information content (AvgIpc) is 2.58. The molecule has 5 heteroatoms. The molecular formula is C9H11ClN2O2. The maximum Gasteiger partial charge on any atom is 0.359 e. The van der Waals surface area contributed by atoms with Crippen molar-refractivity contribution < 1.29 is 9.53 Å². The number of hydrogen-bond acceptors (Lipinski definition) is 3. The molecule has 0 bridgehead atoms. The van der Waals surface area contributed by atoms with Gasteiger partial charge in [0, 0.05) is 24.7 Å². The molecule has 0 unspecified atom stereocenters. The van der Waals surface area contributed by atoms with Crippen LogP contribution in [0.3, 0.4) is 0 Å². The molecule has 0 atom stereocenters. The van der Waals surface area contributed by atoms with Crippen molar-refractivity contribution in [3.05, 3.63) is 24.0 Å². The molecule has 0 saturated carbocycles. The Bertz CT molecular complexity index is 337. The minimum Gasteiger partial charge on any atom is -0.464 e. The maximum atomic E-state index is 11.3. The lowest BCUT2D eigenvalue weighted by molar-refractivity contribution is 0.0593. The number of methoxy groups -OCH3 is 1. The number of rotatable bonds is 3. The molecule has 0 N–H and O–H groups in total. The molecule has 0 spiro atoms. The molecule has 0 amide bonds. The van der Waals surface area contributed by atoms with Crippen molar-refractivity contribution in [3.8, 4) is 0 Å². The third-order valence-corrected chi connectivity index (χ3v) is 2.07. The van der Waals surface area contributed by atoms with Gasteiger partial charge >= 0.3 is 5.97 Å². The van der Waals surface area contributed by atoms with Crippen LogP contribution in [0.5, 0.6) is 0 Å². The third kappa shape index (κ3) is 1.96. The first kappa shape index (κ1) is 10.8. The highest BCUT2D eigenvalue weighted by Gasteiger charge is 2.17. The van der Waals surface area contributed by atoms with E-state index >= 15 is 0 Å². The van der Waals surface area contributed by atoms with Crippen LogP contribution >= 0.6 is 11.6 Å². The summed E-state index contributed by atoms with van der Waals surface area (Å²) < 4.78 is 6.11. The highest BCUT2D eigenvalue weighted by Crippen LogP contribution is 2.18. The minimum atomic E-state index is -0.480. The number of allylic oxidation sites excluding steroid dienone is 1. The van der Waals surface area contributed by atoms with E-state index < -0.39 is 5.97 Å². The molecule has 0 aromatic carbocycles. The molecule has 4 nitrogen and oxygen atoms in total. The van der Waals surface area contributed by atoms with E-state index in [9.17, 15) is 4.79 Å². The van der Waals surface area contributed by atoms with Crippen molar-refractivity contribution in [2.24, 2.45) is 7.05 Å². The van der Waals surface area contributed by atoms with Gasteiger partial charge in [0.15, 0.2) is 5.69 Å². The van der Waals surface area contributed by atoms with Crippen molar-refractivity contribution in [1.29, 1.82) is 0 Å². The first-order chi connectivity index (χ1) is 6.60. The molecule has 1 aromatic rings. The van der Waals surface area contributed by atoms with Crippen LogP contribution in [0, 0.1) is 0 Å². The minimum absolute atomic E-state index is 0.251. The summed E-state index contributed by atoms with van der Waals surface area (Å²) in [5.74, 6) is -0.220. The van der Waals surface area contributed by atoms with Crippen LogP contribution in [0.4, 0.5) is 0 Å². The van der Waals surface area contributed by atoms with Crippen LogP contribution in [0.1, 0.15) is 16.1 Å². The van der Waals surface area contributed by atoms with Crippen molar-refractivity contribution in [3.63, 3.8) is 0 Å². The Kier molecular flexibility index (Phi) is 3.30. The van der Waals surface area contributed by atoms with E-state index in [1.807, 2.05) is 0 Å². The van der Waals surface area contributed by atoms with Gasteiger partial charge in [0.05, 0.1) is 7.11 Å². The topological polar surface area (TPSA) is 44.1 Å². The average molecular weight is 215 g/mol. The molecule has 14 heavy (non-hydrogen) atoms. The van der Waals surface area contributed by atoms with E-state index in [2.05, 4.69) is 16.4 Å². The Balaban J connectivity index is 3.15. The molecule has 0 aliphatic carbocycles. The van der Waals surface area contributed by atoms with Crippen LogP contribution < -0.4 is 0 Å². The van der Waals surface area contributed by atoms with Gasteiger partial charge < -0.3 is 4.74 Å². The SMILES string of the molecule is C=C(CCl)c1cn(C)nc1C(=O)OC. The fourth-order valence-corrected chi connectivity index (χ4v) is 1.21. The van der Waals surface area contributed by atoms with Gasteiger partial charge in [-0.3, -0.25) is 4.68 Å². The number of nitrogens with zero attached hydrogens (tertiary/aromatic N) is 2. The normalized spacial score (nSPS) is 9.93. The van der Waals surface area contributed by atoms with Gasteiger partial charge in [-0.05, 0) is 5.57 Å². The summed E-state index contributed by atoms with van der Waals surface area (Å²) in [6.07, 6.45) is 1.69. The number of carbonyl (C=O) groups is 1. The second-order valence-corrected chi connectivity index (χ2v) is 3.06. The quantitative estimate of drug-likeness (QED) is 0.565. The van der Waals surface area contributed by atoms with Crippen molar-refractivity contribution in [2.75, 3.05) is 13.0 Å². The summed E-state index contributed by atoms with van der Waals surface area (Å²) in [5, 5.41) is 3.97. The Labute approximate surface area is 87.1 Å². The van der Waals surface area contributed by atoms with Crippen molar-refractivity contribution in [1.82, 2.24) is 9.78 Å². The number of ether oxygens (including phenoxy) is 1. The molecule has 1 aromatic heterocycles. The van der Waals surface area contributed by atoms with Crippen LogP contribution in [0.15, 0.2) is 12.8 Å². The fraction of sp³-hybridized carbons (Fsp3) is 0.333. The van der Waals surface area contributed by atoms with Crippen LogP contribution in [0.2, 0.25) is 0 Å². The lowest BCUT2D eigenvalue weighted by Gasteiger charge is -1.99. The first-order valence-electron chi connectivity index (χ1n) is 3.96. The van der Waals surface area contributed by atoms with Gasteiger partial charge in [-0.25, -0.2) is 4.79 Å². The van der Waals surface area contributed by atoms with E-state index in [0.717, 1.165) is 0 Å². The lowest BCUT2D eigenvalue weighted by atomic mass is 10.1. The second-order valence-electron chi connectivity index (χ2n) is 2.79. The van der Waals surface area contributed by atoms with Gasteiger partial charge in [-0.15, -0.1) is 11.6 Å². The van der Waals surface area contributed by atoms with E-state index in [0.29, 0.717) is 11.1 Å². The Morgan fingerprint density at radius 2 is 2.43 bits per heavy atom. The number of hydrogen-bond donors (Lipinski definition) is 0. The molecule has 1 rings (SSSR count). The zero-order chi connectivity index (χ0) is 10.7. The smallest absolute Gasteiger partial charge is 0.359 e. The predicted octanol–water partition coefficient (Wildman–Crippen LogP) is 1.46. The number of aromatic nitrogens is 2. The maximum absolute atomic E-state index is 11.3. The number of halogens is 1. The van der Waals surface area contributed by atoms with E-state index in [1.54, 1.807) is 13.2 Å². The highest BCUT2D eigenvalue weighted by molar-refractivity contribution is 6.23. The van der Waals surface area contributed by atoms with Crippen LogP contribution in [-0.2, 0) is 11.8 Å². The monoisotopic (exact) mass is 214 g/mol. The van der Waals surface area contributed by atoms with Gasteiger partial charge in [0.25, 0.3) is 0 Å². The summed E-state index contributed by atoms with van der Waals surface area (Å²) >= 11 is 5.63. The molecule has 0 radical (unpaired) electrons. The summed E-state index contributed by atoms with van der Waals surface area (Å²) in [4.78, 5) is 11.3. The first-order valence-corrected chi connectivity index (χ1v) is 4.49. The number of carbonyl (C=O) groups excluding carboxylic acids is 1. The summed E-state index contributed by atoms with van der Waals surface area (Å²) in [6.45, 7) is 3.74. The molecule has 0 aliphatic rings. The van der Waals surface area contributed by atoms with Gasteiger partial charge in [0.2, 0.25) is 0 Å².